The number of hydrogen-bond donors (Lipinski definition) is 1. The van der Waals surface area contributed by atoms with Crippen molar-refractivity contribution >= 4 is 5.91 Å². The number of benzene rings is 1. The summed E-state index contributed by atoms with van der Waals surface area (Å²) in [5, 5.41) is 2.78. The van der Waals surface area contributed by atoms with Crippen LogP contribution in [0.1, 0.15) is 30.1 Å². The van der Waals surface area contributed by atoms with Gasteiger partial charge >= 0.3 is 0 Å². The second kappa shape index (κ2) is 6.10. The Kier molecular flexibility index (Phi) is 4.47. The van der Waals surface area contributed by atoms with Crippen LogP contribution in [-0.2, 0) is 0 Å². The zero-order valence-corrected chi connectivity index (χ0v) is 11.0. The molecule has 0 spiro atoms. The minimum Gasteiger partial charge on any atom is -0.350 e. The highest BCUT2D eigenvalue weighted by Gasteiger charge is 2.23. The quantitative estimate of drug-likeness (QED) is 0.907. The summed E-state index contributed by atoms with van der Waals surface area (Å²) in [4.78, 5) is 14.2. The van der Waals surface area contributed by atoms with E-state index in [0.717, 1.165) is 38.1 Å². The summed E-state index contributed by atoms with van der Waals surface area (Å²) in [5.74, 6) is -2.30. The molecule has 1 saturated heterocycles. The van der Waals surface area contributed by atoms with E-state index in [1.807, 2.05) is 0 Å². The fourth-order valence-corrected chi connectivity index (χ4v) is 2.49. The number of halogens is 2. The van der Waals surface area contributed by atoms with Crippen molar-refractivity contribution in [3.63, 3.8) is 0 Å². The number of likely N-dealkylation sites (N-methyl/N-ethyl adjacent to an activating group) is 1. The lowest BCUT2D eigenvalue weighted by atomic mass is 10.2. The van der Waals surface area contributed by atoms with Crippen molar-refractivity contribution in [1.82, 2.24) is 10.2 Å². The Morgan fingerprint density at radius 3 is 2.89 bits per heavy atom. The van der Waals surface area contributed by atoms with Gasteiger partial charge in [0.05, 0.1) is 0 Å². The maximum atomic E-state index is 13.0. The van der Waals surface area contributed by atoms with Crippen molar-refractivity contribution in [2.45, 2.75) is 25.8 Å². The summed E-state index contributed by atoms with van der Waals surface area (Å²) >= 11 is 0. The van der Waals surface area contributed by atoms with Gasteiger partial charge in [-0.2, -0.15) is 0 Å². The average molecular weight is 268 g/mol. The summed E-state index contributed by atoms with van der Waals surface area (Å²) in [5.41, 5.74) is 0.153. The number of amides is 1. The van der Waals surface area contributed by atoms with E-state index in [2.05, 4.69) is 17.1 Å². The van der Waals surface area contributed by atoms with Crippen LogP contribution >= 0.6 is 0 Å². The number of carbonyl (C=O) groups excluding carboxylic acids is 1. The van der Waals surface area contributed by atoms with E-state index in [-0.39, 0.29) is 11.5 Å². The van der Waals surface area contributed by atoms with E-state index in [1.54, 1.807) is 0 Å². The maximum Gasteiger partial charge on any atom is 0.251 e. The molecule has 1 N–H and O–H groups in total. The molecule has 1 aromatic carbocycles. The van der Waals surface area contributed by atoms with Crippen LogP contribution in [0.5, 0.6) is 0 Å². The standard InChI is InChI=1S/C14H18F2N2O/c1-2-18-7-3-4-11(18)9-17-14(19)10-5-6-12(15)13(16)8-10/h5-6,8,11H,2-4,7,9H2,1H3,(H,17,19). The highest BCUT2D eigenvalue weighted by atomic mass is 19.2. The lowest BCUT2D eigenvalue weighted by Crippen LogP contribution is -2.40. The molecule has 19 heavy (non-hydrogen) atoms. The molecule has 1 aliphatic rings. The van der Waals surface area contributed by atoms with Gasteiger partial charge in [0.25, 0.3) is 5.91 Å². The Bertz CT molecular complexity index is 465. The van der Waals surface area contributed by atoms with Crippen LogP contribution in [0.3, 0.4) is 0 Å². The van der Waals surface area contributed by atoms with Crippen LogP contribution < -0.4 is 5.32 Å². The largest absolute Gasteiger partial charge is 0.350 e. The fraction of sp³-hybridized carbons (Fsp3) is 0.500. The third-order valence-electron chi connectivity index (χ3n) is 3.59. The van der Waals surface area contributed by atoms with E-state index in [1.165, 1.54) is 6.07 Å². The number of rotatable bonds is 4. The third kappa shape index (κ3) is 3.29. The van der Waals surface area contributed by atoms with Gasteiger partial charge in [-0.25, -0.2) is 8.78 Å². The number of carbonyl (C=O) groups is 1. The smallest absolute Gasteiger partial charge is 0.251 e. The highest BCUT2D eigenvalue weighted by Crippen LogP contribution is 2.16. The Morgan fingerprint density at radius 1 is 1.42 bits per heavy atom. The molecule has 5 heteroatoms. The minimum atomic E-state index is -0.997. The molecule has 104 valence electrons. The van der Waals surface area contributed by atoms with Crippen LogP contribution in [0.2, 0.25) is 0 Å². The van der Waals surface area contributed by atoms with Crippen molar-refractivity contribution in [2.24, 2.45) is 0 Å². The molecule has 0 saturated carbocycles. The molecule has 0 aromatic heterocycles. The summed E-state index contributed by atoms with van der Waals surface area (Å²) in [6.07, 6.45) is 2.20. The van der Waals surface area contributed by atoms with Gasteiger partial charge in [0.15, 0.2) is 11.6 Å². The van der Waals surface area contributed by atoms with Gasteiger partial charge in [0.1, 0.15) is 0 Å². The van der Waals surface area contributed by atoms with Crippen molar-refractivity contribution in [2.75, 3.05) is 19.6 Å². The minimum absolute atomic E-state index is 0.153. The van der Waals surface area contributed by atoms with Crippen LogP contribution in [0, 0.1) is 11.6 Å². The van der Waals surface area contributed by atoms with Crippen LogP contribution in [-0.4, -0.2) is 36.5 Å². The Balaban J connectivity index is 1.92. The predicted octanol–water partition coefficient (Wildman–Crippen LogP) is 2.18. The monoisotopic (exact) mass is 268 g/mol. The molecule has 0 bridgehead atoms. The highest BCUT2D eigenvalue weighted by molar-refractivity contribution is 5.94. The number of nitrogens with zero attached hydrogens (tertiary/aromatic N) is 1. The Labute approximate surface area is 111 Å². The number of nitrogens with one attached hydrogen (secondary N) is 1. The fourth-order valence-electron chi connectivity index (χ4n) is 2.49. The lowest BCUT2D eigenvalue weighted by Gasteiger charge is -2.22. The molecule has 1 atom stereocenters. The van der Waals surface area contributed by atoms with Crippen LogP contribution in [0.4, 0.5) is 8.78 Å². The van der Waals surface area contributed by atoms with E-state index in [9.17, 15) is 13.6 Å². The van der Waals surface area contributed by atoms with Crippen LogP contribution in [0.15, 0.2) is 18.2 Å². The van der Waals surface area contributed by atoms with Gasteiger partial charge in [0.2, 0.25) is 0 Å². The molecule has 1 amide bonds. The van der Waals surface area contributed by atoms with Crippen molar-refractivity contribution < 1.29 is 13.6 Å². The normalized spacial score (nSPS) is 19.6. The Hall–Kier alpha value is -1.49. The molecule has 3 nitrogen and oxygen atoms in total. The average Bonchev–Trinajstić information content (AvgIpc) is 2.86. The van der Waals surface area contributed by atoms with E-state index in [4.69, 9.17) is 0 Å². The first-order valence-corrected chi connectivity index (χ1v) is 6.59. The van der Waals surface area contributed by atoms with E-state index < -0.39 is 11.6 Å². The first kappa shape index (κ1) is 13.9. The Morgan fingerprint density at radius 2 is 2.21 bits per heavy atom. The molecular weight excluding hydrogens is 250 g/mol. The molecule has 1 heterocycles. The molecule has 1 unspecified atom stereocenters. The van der Waals surface area contributed by atoms with Gasteiger partial charge < -0.3 is 5.32 Å². The van der Waals surface area contributed by atoms with E-state index >= 15 is 0 Å². The summed E-state index contributed by atoms with van der Waals surface area (Å²) in [6.45, 7) is 4.66. The first-order valence-electron chi connectivity index (χ1n) is 6.59. The molecule has 1 aromatic rings. The van der Waals surface area contributed by atoms with Gasteiger partial charge in [-0.1, -0.05) is 6.92 Å². The van der Waals surface area contributed by atoms with Crippen molar-refractivity contribution in [3.8, 4) is 0 Å². The van der Waals surface area contributed by atoms with Gasteiger partial charge in [-0.05, 0) is 44.1 Å². The van der Waals surface area contributed by atoms with Gasteiger partial charge in [-0.3, -0.25) is 9.69 Å². The third-order valence-corrected chi connectivity index (χ3v) is 3.59. The van der Waals surface area contributed by atoms with E-state index in [0.29, 0.717) is 12.6 Å². The first-order chi connectivity index (χ1) is 9.11. The van der Waals surface area contributed by atoms with Crippen molar-refractivity contribution in [3.05, 3.63) is 35.4 Å². The second-order valence-corrected chi connectivity index (χ2v) is 4.76. The topological polar surface area (TPSA) is 32.3 Å². The molecular formula is C14H18F2N2O. The summed E-state index contributed by atoms with van der Waals surface area (Å²) in [6, 6.07) is 3.54. The molecule has 1 fully saturated rings. The number of likely N-dealkylation sites (tertiary alicyclic amines) is 1. The molecule has 0 radical (unpaired) electrons. The lowest BCUT2D eigenvalue weighted by molar-refractivity contribution is 0.0941. The second-order valence-electron chi connectivity index (χ2n) is 4.76. The van der Waals surface area contributed by atoms with Gasteiger partial charge in [-0.15, -0.1) is 0 Å². The predicted molar refractivity (Wildman–Crippen MR) is 69.0 cm³/mol. The zero-order chi connectivity index (χ0) is 13.8. The SMILES string of the molecule is CCN1CCCC1CNC(=O)c1ccc(F)c(F)c1. The number of hydrogen-bond acceptors (Lipinski definition) is 2. The summed E-state index contributed by atoms with van der Waals surface area (Å²) in [7, 11) is 0. The van der Waals surface area contributed by atoms with Crippen molar-refractivity contribution in [1.29, 1.82) is 0 Å². The molecule has 0 aliphatic carbocycles. The van der Waals surface area contributed by atoms with Crippen LogP contribution in [0.25, 0.3) is 0 Å². The molecule has 1 aliphatic heterocycles. The molecule has 2 rings (SSSR count). The summed E-state index contributed by atoms with van der Waals surface area (Å²) < 4.78 is 25.8. The maximum absolute atomic E-state index is 13.0. The van der Waals surface area contributed by atoms with Gasteiger partial charge in [0, 0.05) is 18.2 Å². The zero-order valence-electron chi connectivity index (χ0n) is 11.0.